The number of hydrogen-bond acceptors (Lipinski definition) is 3. The van der Waals surface area contributed by atoms with E-state index in [9.17, 15) is 4.79 Å². The highest BCUT2D eigenvalue weighted by Gasteiger charge is 2.34. The summed E-state index contributed by atoms with van der Waals surface area (Å²) in [5, 5.41) is 0. The quantitative estimate of drug-likeness (QED) is 0.903. The van der Waals surface area contributed by atoms with Crippen LogP contribution in [0.25, 0.3) is 0 Å². The van der Waals surface area contributed by atoms with E-state index in [0.29, 0.717) is 13.0 Å². The Morgan fingerprint density at radius 1 is 1.32 bits per heavy atom. The molecule has 0 bridgehead atoms. The van der Waals surface area contributed by atoms with Crippen molar-refractivity contribution in [2.75, 3.05) is 13.6 Å². The van der Waals surface area contributed by atoms with E-state index in [1.54, 1.807) is 12.4 Å². The predicted octanol–water partition coefficient (Wildman–Crippen LogP) is 3.32. The second-order valence-electron chi connectivity index (χ2n) is 6.40. The SMILES string of the molecule is CC(c1ccncc1)N(C)C(=O)CC1(CN)CCCCC1.Cl. The first kappa shape index (κ1) is 18.9. The maximum absolute atomic E-state index is 12.6. The van der Waals surface area contributed by atoms with Crippen LogP contribution < -0.4 is 5.73 Å². The van der Waals surface area contributed by atoms with Crippen molar-refractivity contribution < 1.29 is 4.79 Å². The summed E-state index contributed by atoms with van der Waals surface area (Å²) in [5.41, 5.74) is 7.14. The van der Waals surface area contributed by atoms with Crippen LogP contribution in [0.3, 0.4) is 0 Å². The van der Waals surface area contributed by atoms with E-state index in [0.717, 1.165) is 18.4 Å². The van der Waals surface area contributed by atoms with E-state index in [1.807, 2.05) is 24.1 Å². The van der Waals surface area contributed by atoms with Gasteiger partial charge in [0.2, 0.25) is 5.91 Å². The molecule has 2 rings (SSSR count). The van der Waals surface area contributed by atoms with Crippen LogP contribution in [0.1, 0.15) is 57.1 Å². The van der Waals surface area contributed by atoms with Crippen molar-refractivity contribution >= 4 is 18.3 Å². The monoisotopic (exact) mass is 325 g/mol. The molecule has 1 atom stereocenters. The number of carbonyl (C=O) groups excluding carboxylic acids is 1. The van der Waals surface area contributed by atoms with E-state index in [1.165, 1.54) is 19.3 Å². The third-order valence-electron chi connectivity index (χ3n) is 5.04. The number of carbonyl (C=O) groups is 1. The molecule has 2 N–H and O–H groups in total. The topological polar surface area (TPSA) is 59.2 Å². The summed E-state index contributed by atoms with van der Waals surface area (Å²) in [7, 11) is 1.89. The van der Waals surface area contributed by atoms with Crippen LogP contribution >= 0.6 is 12.4 Å². The van der Waals surface area contributed by atoms with Crippen molar-refractivity contribution in [1.29, 1.82) is 0 Å². The summed E-state index contributed by atoms with van der Waals surface area (Å²) in [6, 6.07) is 4.00. The maximum Gasteiger partial charge on any atom is 0.223 e. The first-order valence-corrected chi connectivity index (χ1v) is 7.94. The zero-order valence-electron chi connectivity index (χ0n) is 13.6. The molecule has 1 aromatic rings. The summed E-state index contributed by atoms with van der Waals surface area (Å²) < 4.78 is 0. The number of amides is 1. The Labute approximate surface area is 139 Å². The van der Waals surface area contributed by atoms with Gasteiger partial charge in [0.05, 0.1) is 6.04 Å². The second-order valence-corrected chi connectivity index (χ2v) is 6.40. The molecule has 4 nitrogen and oxygen atoms in total. The highest BCUT2D eigenvalue weighted by Crippen LogP contribution is 2.39. The number of hydrogen-bond donors (Lipinski definition) is 1. The normalized spacial score (nSPS) is 18.1. The molecule has 0 aliphatic heterocycles. The number of nitrogens with two attached hydrogens (primary N) is 1. The van der Waals surface area contributed by atoms with Gasteiger partial charge in [-0.15, -0.1) is 12.4 Å². The van der Waals surface area contributed by atoms with Crippen molar-refractivity contribution in [2.45, 2.75) is 51.5 Å². The zero-order valence-corrected chi connectivity index (χ0v) is 14.4. The lowest BCUT2D eigenvalue weighted by molar-refractivity contribution is -0.134. The Hall–Kier alpha value is -1.13. The Bertz CT molecular complexity index is 460. The highest BCUT2D eigenvalue weighted by molar-refractivity contribution is 5.85. The molecule has 124 valence electrons. The average molecular weight is 326 g/mol. The van der Waals surface area contributed by atoms with Gasteiger partial charge in [-0.05, 0) is 49.4 Å². The molecule has 5 heteroatoms. The summed E-state index contributed by atoms with van der Waals surface area (Å²) in [6.07, 6.45) is 9.98. The Kier molecular flexibility index (Phi) is 7.30. The summed E-state index contributed by atoms with van der Waals surface area (Å²) in [6.45, 7) is 2.68. The van der Waals surface area contributed by atoms with Crippen LogP contribution in [0.2, 0.25) is 0 Å². The summed E-state index contributed by atoms with van der Waals surface area (Å²) in [5.74, 6) is 0.201. The number of nitrogens with zero attached hydrogens (tertiary/aromatic N) is 2. The minimum absolute atomic E-state index is 0. The molecule has 1 heterocycles. The van der Waals surface area contributed by atoms with Crippen LogP contribution in [-0.2, 0) is 4.79 Å². The van der Waals surface area contributed by atoms with Crippen LogP contribution in [0, 0.1) is 5.41 Å². The van der Waals surface area contributed by atoms with Gasteiger partial charge in [0, 0.05) is 25.9 Å². The third kappa shape index (κ3) is 4.43. The Morgan fingerprint density at radius 2 is 1.91 bits per heavy atom. The van der Waals surface area contributed by atoms with Crippen LogP contribution in [0.5, 0.6) is 0 Å². The largest absolute Gasteiger partial charge is 0.339 e. The number of pyridine rings is 1. The minimum atomic E-state index is 0. The van der Waals surface area contributed by atoms with Gasteiger partial charge in [-0.25, -0.2) is 0 Å². The van der Waals surface area contributed by atoms with Crippen LogP contribution in [0.4, 0.5) is 0 Å². The molecule has 1 aliphatic carbocycles. The number of aromatic nitrogens is 1. The number of halogens is 1. The molecule has 1 amide bonds. The molecule has 0 aromatic carbocycles. The van der Waals surface area contributed by atoms with E-state index in [-0.39, 0.29) is 29.8 Å². The molecule has 1 saturated carbocycles. The van der Waals surface area contributed by atoms with Gasteiger partial charge in [-0.3, -0.25) is 9.78 Å². The lowest BCUT2D eigenvalue weighted by Crippen LogP contribution is -2.40. The molecule has 22 heavy (non-hydrogen) atoms. The van der Waals surface area contributed by atoms with Crippen molar-refractivity contribution in [3.8, 4) is 0 Å². The Balaban J connectivity index is 0.00000242. The third-order valence-corrected chi connectivity index (χ3v) is 5.04. The average Bonchev–Trinajstić information content (AvgIpc) is 2.55. The summed E-state index contributed by atoms with van der Waals surface area (Å²) >= 11 is 0. The fraction of sp³-hybridized carbons (Fsp3) is 0.647. The molecule has 1 aliphatic rings. The van der Waals surface area contributed by atoms with Crippen molar-refractivity contribution in [2.24, 2.45) is 11.1 Å². The van der Waals surface area contributed by atoms with Gasteiger partial charge in [0.25, 0.3) is 0 Å². The van der Waals surface area contributed by atoms with E-state index in [2.05, 4.69) is 11.9 Å². The molecular formula is C17H28ClN3O. The fourth-order valence-corrected chi connectivity index (χ4v) is 3.28. The van der Waals surface area contributed by atoms with Crippen molar-refractivity contribution in [1.82, 2.24) is 9.88 Å². The molecule has 1 fully saturated rings. The first-order valence-electron chi connectivity index (χ1n) is 7.94. The van der Waals surface area contributed by atoms with Gasteiger partial charge < -0.3 is 10.6 Å². The smallest absolute Gasteiger partial charge is 0.223 e. The lowest BCUT2D eigenvalue weighted by atomic mass is 9.71. The lowest BCUT2D eigenvalue weighted by Gasteiger charge is -2.37. The maximum atomic E-state index is 12.6. The van der Waals surface area contributed by atoms with Gasteiger partial charge >= 0.3 is 0 Å². The van der Waals surface area contributed by atoms with Gasteiger partial charge in [-0.2, -0.15) is 0 Å². The molecule has 1 aromatic heterocycles. The standard InChI is InChI=1S/C17H27N3O.ClH/c1-14(15-6-10-19-11-7-15)20(2)16(21)12-17(13-18)8-4-3-5-9-17;/h6-7,10-11,14H,3-5,8-9,12-13,18H2,1-2H3;1H. The Morgan fingerprint density at radius 3 is 2.45 bits per heavy atom. The molecular weight excluding hydrogens is 298 g/mol. The zero-order chi connectivity index (χ0) is 15.3. The predicted molar refractivity (Wildman–Crippen MR) is 91.9 cm³/mol. The van der Waals surface area contributed by atoms with Crippen LogP contribution in [0.15, 0.2) is 24.5 Å². The van der Waals surface area contributed by atoms with Gasteiger partial charge in [0.1, 0.15) is 0 Å². The number of rotatable bonds is 5. The van der Waals surface area contributed by atoms with Gasteiger partial charge in [0.15, 0.2) is 0 Å². The van der Waals surface area contributed by atoms with E-state index in [4.69, 9.17) is 5.73 Å². The van der Waals surface area contributed by atoms with E-state index < -0.39 is 0 Å². The van der Waals surface area contributed by atoms with Gasteiger partial charge in [-0.1, -0.05) is 19.3 Å². The van der Waals surface area contributed by atoms with Crippen molar-refractivity contribution in [3.05, 3.63) is 30.1 Å². The van der Waals surface area contributed by atoms with Crippen molar-refractivity contribution in [3.63, 3.8) is 0 Å². The molecule has 0 radical (unpaired) electrons. The molecule has 0 saturated heterocycles. The second kappa shape index (κ2) is 8.49. The summed E-state index contributed by atoms with van der Waals surface area (Å²) in [4.78, 5) is 18.5. The van der Waals surface area contributed by atoms with E-state index >= 15 is 0 Å². The van der Waals surface area contributed by atoms with Crippen LogP contribution in [-0.4, -0.2) is 29.4 Å². The minimum Gasteiger partial charge on any atom is -0.339 e. The molecule has 1 unspecified atom stereocenters. The first-order chi connectivity index (χ1) is 10.1. The highest BCUT2D eigenvalue weighted by atomic mass is 35.5. The molecule has 0 spiro atoms. The fourth-order valence-electron chi connectivity index (χ4n) is 3.28.